The summed E-state index contributed by atoms with van der Waals surface area (Å²) >= 11 is 0. The molecule has 3 saturated heterocycles. The van der Waals surface area contributed by atoms with Crippen LogP contribution in [-0.2, 0) is 0 Å². The molecule has 0 aliphatic carbocycles. The Labute approximate surface area is 112 Å². The van der Waals surface area contributed by atoms with Gasteiger partial charge in [0, 0.05) is 32.2 Å². The molecule has 0 bridgehead atoms. The summed E-state index contributed by atoms with van der Waals surface area (Å²) in [6.45, 7) is 11.7. The summed E-state index contributed by atoms with van der Waals surface area (Å²) in [5.74, 6) is 1.93. The Hall–Kier alpha value is -0.120. The normalized spacial score (nSPS) is 36.3. The van der Waals surface area contributed by atoms with E-state index in [1.807, 2.05) is 0 Å². The van der Waals surface area contributed by atoms with Crippen LogP contribution in [0.3, 0.4) is 0 Å². The van der Waals surface area contributed by atoms with E-state index in [0.717, 1.165) is 17.9 Å². The fourth-order valence-electron chi connectivity index (χ4n) is 4.01. The lowest BCUT2D eigenvalue weighted by Crippen LogP contribution is -2.40. The number of hydrogen-bond donors (Lipinski definition) is 0. The summed E-state index contributed by atoms with van der Waals surface area (Å²) in [6, 6.07) is 0.867. The molecule has 0 spiro atoms. The lowest BCUT2D eigenvalue weighted by molar-refractivity contribution is 0.164. The minimum atomic E-state index is 0.867. The standard InChI is InChI=1S/C15H29N3/c1-13-3-7-17(8-4-13)9-10-18-11-14-5-6-16(2)15(14)12-18/h13-15H,3-12H2,1-2H3/t14-,15+/m0/s1. The van der Waals surface area contributed by atoms with Crippen LogP contribution in [0.1, 0.15) is 26.2 Å². The maximum absolute atomic E-state index is 2.71. The molecule has 3 aliphatic heterocycles. The van der Waals surface area contributed by atoms with Crippen LogP contribution in [-0.4, -0.2) is 73.6 Å². The predicted molar refractivity (Wildman–Crippen MR) is 75.8 cm³/mol. The second kappa shape index (κ2) is 5.48. The second-order valence-corrected chi connectivity index (χ2v) is 6.88. The molecule has 0 aromatic carbocycles. The van der Waals surface area contributed by atoms with Crippen molar-refractivity contribution in [3.8, 4) is 0 Å². The van der Waals surface area contributed by atoms with E-state index in [4.69, 9.17) is 0 Å². The molecule has 0 amide bonds. The van der Waals surface area contributed by atoms with Gasteiger partial charge >= 0.3 is 0 Å². The monoisotopic (exact) mass is 251 g/mol. The zero-order valence-electron chi connectivity index (χ0n) is 12.1. The first-order chi connectivity index (χ1) is 8.72. The molecular formula is C15H29N3. The Balaban J connectivity index is 1.40. The minimum absolute atomic E-state index is 0.867. The molecule has 0 unspecified atom stereocenters. The van der Waals surface area contributed by atoms with Crippen molar-refractivity contribution in [3.63, 3.8) is 0 Å². The maximum atomic E-state index is 2.71. The summed E-state index contributed by atoms with van der Waals surface area (Å²) in [5, 5.41) is 0. The third kappa shape index (κ3) is 2.73. The van der Waals surface area contributed by atoms with Crippen molar-refractivity contribution in [2.24, 2.45) is 11.8 Å². The largest absolute Gasteiger partial charge is 0.302 e. The Morgan fingerprint density at radius 1 is 0.889 bits per heavy atom. The van der Waals surface area contributed by atoms with Crippen LogP contribution in [0, 0.1) is 11.8 Å². The summed E-state index contributed by atoms with van der Waals surface area (Å²) in [6.07, 6.45) is 4.25. The molecule has 2 atom stereocenters. The zero-order valence-corrected chi connectivity index (χ0v) is 12.1. The van der Waals surface area contributed by atoms with Crippen LogP contribution in [0.2, 0.25) is 0 Å². The Morgan fingerprint density at radius 3 is 2.33 bits per heavy atom. The Bertz CT molecular complexity index is 273. The van der Waals surface area contributed by atoms with Gasteiger partial charge in [0.2, 0.25) is 0 Å². The molecule has 104 valence electrons. The van der Waals surface area contributed by atoms with Gasteiger partial charge in [0.15, 0.2) is 0 Å². The van der Waals surface area contributed by atoms with E-state index in [1.54, 1.807) is 0 Å². The molecule has 18 heavy (non-hydrogen) atoms. The van der Waals surface area contributed by atoms with E-state index in [0.29, 0.717) is 0 Å². The van der Waals surface area contributed by atoms with Gasteiger partial charge in [-0.2, -0.15) is 0 Å². The summed E-state index contributed by atoms with van der Waals surface area (Å²) < 4.78 is 0. The summed E-state index contributed by atoms with van der Waals surface area (Å²) in [4.78, 5) is 7.97. The topological polar surface area (TPSA) is 9.72 Å². The van der Waals surface area contributed by atoms with Gasteiger partial charge in [-0.05, 0) is 57.8 Å². The highest BCUT2D eigenvalue weighted by atomic mass is 15.3. The maximum Gasteiger partial charge on any atom is 0.0261 e. The highest BCUT2D eigenvalue weighted by molar-refractivity contribution is 4.94. The van der Waals surface area contributed by atoms with E-state index >= 15 is 0 Å². The minimum Gasteiger partial charge on any atom is -0.302 e. The number of rotatable bonds is 3. The first kappa shape index (κ1) is 12.9. The molecule has 0 saturated carbocycles. The number of likely N-dealkylation sites (N-methyl/N-ethyl adjacent to an activating group) is 1. The van der Waals surface area contributed by atoms with Gasteiger partial charge < -0.3 is 14.7 Å². The average molecular weight is 251 g/mol. The average Bonchev–Trinajstić information content (AvgIpc) is 2.91. The number of piperidine rings is 1. The van der Waals surface area contributed by atoms with Crippen LogP contribution in [0.4, 0.5) is 0 Å². The molecule has 3 fully saturated rings. The van der Waals surface area contributed by atoms with Gasteiger partial charge in [-0.15, -0.1) is 0 Å². The lowest BCUT2D eigenvalue weighted by atomic mass is 9.99. The van der Waals surface area contributed by atoms with Crippen LogP contribution in [0.5, 0.6) is 0 Å². The highest BCUT2D eigenvalue weighted by Crippen LogP contribution is 2.29. The van der Waals surface area contributed by atoms with Crippen molar-refractivity contribution in [1.29, 1.82) is 0 Å². The van der Waals surface area contributed by atoms with Crippen LogP contribution in [0.25, 0.3) is 0 Å². The summed E-state index contributed by atoms with van der Waals surface area (Å²) in [7, 11) is 2.31. The van der Waals surface area contributed by atoms with Gasteiger partial charge in [0.25, 0.3) is 0 Å². The van der Waals surface area contributed by atoms with Gasteiger partial charge in [-0.3, -0.25) is 0 Å². The van der Waals surface area contributed by atoms with Crippen molar-refractivity contribution < 1.29 is 0 Å². The third-order valence-electron chi connectivity index (χ3n) is 5.51. The fraction of sp³-hybridized carbons (Fsp3) is 1.00. The van der Waals surface area contributed by atoms with Crippen molar-refractivity contribution in [3.05, 3.63) is 0 Å². The molecule has 0 radical (unpaired) electrons. The first-order valence-corrected chi connectivity index (χ1v) is 7.87. The van der Waals surface area contributed by atoms with Crippen molar-refractivity contribution in [2.45, 2.75) is 32.2 Å². The van der Waals surface area contributed by atoms with E-state index < -0.39 is 0 Å². The number of likely N-dealkylation sites (tertiary alicyclic amines) is 3. The highest BCUT2D eigenvalue weighted by Gasteiger charge is 2.39. The smallest absolute Gasteiger partial charge is 0.0261 e. The van der Waals surface area contributed by atoms with Gasteiger partial charge in [-0.1, -0.05) is 6.92 Å². The van der Waals surface area contributed by atoms with Crippen molar-refractivity contribution in [2.75, 3.05) is 52.9 Å². The van der Waals surface area contributed by atoms with Crippen LogP contribution < -0.4 is 0 Å². The molecule has 3 rings (SSSR count). The molecule has 3 aliphatic rings. The molecular weight excluding hydrogens is 222 g/mol. The predicted octanol–water partition coefficient (Wildman–Crippen LogP) is 1.35. The van der Waals surface area contributed by atoms with E-state index in [9.17, 15) is 0 Å². The Morgan fingerprint density at radius 2 is 1.61 bits per heavy atom. The fourth-order valence-corrected chi connectivity index (χ4v) is 4.01. The molecule has 0 N–H and O–H groups in total. The number of fused-ring (bicyclic) bond motifs is 1. The number of hydrogen-bond acceptors (Lipinski definition) is 3. The Kier molecular flexibility index (Phi) is 3.92. The first-order valence-electron chi connectivity index (χ1n) is 7.87. The number of nitrogens with zero attached hydrogens (tertiary/aromatic N) is 3. The quantitative estimate of drug-likeness (QED) is 0.750. The van der Waals surface area contributed by atoms with E-state index in [2.05, 4.69) is 28.7 Å². The van der Waals surface area contributed by atoms with Gasteiger partial charge in [0.05, 0.1) is 0 Å². The van der Waals surface area contributed by atoms with Crippen molar-refractivity contribution >= 4 is 0 Å². The van der Waals surface area contributed by atoms with Crippen LogP contribution in [0.15, 0.2) is 0 Å². The lowest BCUT2D eigenvalue weighted by Gasteiger charge is -2.31. The van der Waals surface area contributed by atoms with Crippen molar-refractivity contribution in [1.82, 2.24) is 14.7 Å². The van der Waals surface area contributed by atoms with Crippen LogP contribution >= 0.6 is 0 Å². The molecule has 3 heteroatoms. The second-order valence-electron chi connectivity index (χ2n) is 6.88. The summed E-state index contributed by atoms with van der Waals surface area (Å²) in [5.41, 5.74) is 0. The zero-order chi connectivity index (χ0) is 12.5. The SMILES string of the molecule is CC1CCN(CCN2C[C@@H]3CCN(C)[C@@H]3C2)CC1. The van der Waals surface area contributed by atoms with E-state index in [-0.39, 0.29) is 0 Å². The van der Waals surface area contributed by atoms with Gasteiger partial charge in [0.1, 0.15) is 0 Å². The molecule has 3 heterocycles. The van der Waals surface area contributed by atoms with E-state index in [1.165, 1.54) is 65.1 Å². The molecule has 0 aromatic rings. The molecule has 0 aromatic heterocycles. The molecule has 3 nitrogen and oxygen atoms in total. The van der Waals surface area contributed by atoms with Gasteiger partial charge in [-0.25, -0.2) is 0 Å². The third-order valence-corrected chi connectivity index (χ3v) is 5.51.